The predicted molar refractivity (Wildman–Crippen MR) is 71.2 cm³/mol. The molecule has 0 spiro atoms. The summed E-state index contributed by atoms with van der Waals surface area (Å²) in [5, 5.41) is 7.41. The van der Waals surface area contributed by atoms with Gasteiger partial charge in [0.15, 0.2) is 0 Å². The summed E-state index contributed by atoms with van der Waals surface area (Å²) in [6, 6.07) is 15.1. The average Bonchev–Trinajstić information content (AvgIpc) is 2.88. The van der Waals surface area contributed by atoms with Crippen LogP contribution in [-0.4, -0.2) is 4.98 Å². The van der Waals surface area contributed by atoms with E-state index in [9.17, 15) is 0 Å². The summed E-state index contributed by atoms with van der Waals surface area (Å²) in [7, 11) is 0. The molecular weight excluding hydrogens is 214 g/mol. The van der Waals surface area contributed by atoms with Crippen LogP contribution < -0.4 is 0 Å². The molecule has 4 aromatic rings. The molecule has 2 aromatic carbocycles. The predicted octanol–water partition coefficient (Wildman–Crippen LogP) is 4.54. The maximum absolute atomic E-state index is 3.52. The summed E-state index contributed by atoms with van der Waals surface area (Å²) in [5.41, 5.74) is 1.26. The fourth-order valence-corrected chi connectivity index (χ4v) is 3.17. The van der Waals surface area contributed by atoms with E-state index in [0.29, 0.717) is 0 Å². The molecule has 0 aliphatic carbocycles. The number of benzene rings is 2. The molecule has 0 bridgehead atoms. The number of rotatable bonds is 0. The molecule has 1 N–H and O–H groups in total. The monoisotopic (exact) mass is 223 g/mol. The van der Waals surface area contributed by atoms with Crippen molar-refractivity contribution in [2.45, 2.75) is 0 Å². The van der Waals surface area contributed by atoms with Gasteiger partial charge in [-0.3, -0.25) is 0 Å². The van der Waals surface area contributed by atoms with Gasteiger partial charge in [-0.15, -0.1) is 11.3 Å². The Bertz CT molecular complexity index is 801. The Balaban J connectivity index is 2.36. The van der Waals surface area contributed by atoms with Crippen molar-refractivity contribution in [1.29, 1.82) is 0 Å². The van der Waals surface area contributed by atoms with Gasteiger partial charge < -0.3 is 4.98 Å². The Hall–Kier alpha value is -1.80. The number of aromatic amines is 1. The molecule has 16 heavy (non-hydrogen) atoms. The number of fused-ring (bicyclic) bond motifs is 5. The van der Waals surface area contributed by atoms with Crippen LogP contribution in [0.25, 0.3) is 31.9 Å². The molecule has 0 saturated heterocycles. The van der Waals surface area contributed by atoms with Gasteiger partial charge in [-0.2, -0.15) is 0 Å². The molecular formula is C14H9NS. The number of hydrogen-bond acceptors (Lipinski definition) is 1. The lowest BCUT2D eigenvalue weighted by Gasteiger charge is -1.98. The van der Waals surface area contributed by atoms with Crippen molar-refractivity contribution in [3.63, 3.8) is 0 Å². The van der Waals surface area contributed by atoms with E-state index in [1.807, 2.05) is 0 Å². The van der Waals surface area contributed by atoms with Gasteiger partial charge in [0.05, 0.1) is 5.52 Å². The van der Waals surface area contributed by atoms with Gasteiger partial charge >= 0.3 is 0 Å². The highest BCUT2D eigenvalue weighted by atomic mass is 32.1. The lowest BCUT2D eigenvalue weighted by atomic mass is 10.1. The molecule has 0 amide bonds. The molecule has 0 unspecified atom stereocenters. The maximum Gasteiger partial charge on any atom is 0.101 e. The summed E-state index contributed by atoms with van der Waals surface area (Å²) in [6.07, 6.45) is 0. The summed E-state index contributed by atoms with van der Waals surface area (Å²) < 4.78 is 0. The first kappa shape index (κ1) is 8.36. The molecule has 2 heteroatoms. The minimum atomic E-state index is 1.26. The van der Waals surface area contributed by atoms with Crippen molar-refractivity contribution >= 4 is 43.2 Å². The summed E-state index contributed by atoms with van der Waals surface area (Å²) >= 11 is 1.77. The van der Waals surface area contributed by atoms with Crippen molar-refractivity contribution < 1.29 is 0 Å². The second-order valence-corrected chi connectivity index (χ2v) is 4.91. The Morgan fingerprint density at radius 3 is 2.75 bits per heavy atom. The van der Waals surface area contributed by atoms with E-state index in [4.69, 9.17) is 0 Å². The molecule has 1 nitrogen and oxygen atoms in total. The third-order valence-electron chi connectivity index (χ3n) is 3.12. The first-order valence-corrected chi connectivity index (χ1v) is 6.18. The molecule has 0 radical (unpaired) electrons. The quantitative estimate of drug-likeness (QED) is 0.450. The van der Waals surface area contributed by atoms with Gasteiger partial charge in [-0.1, -0.05) is 36.4 Å². The van der Waals surface area contributed by atoms with Crippen LogP contribution in [0.4, 0.5) is 0 Å². The normalized spacial score (nSPS) is 11.8. The first-order chi connectivity index (χ1) is 7.93. The molecule has 2 aromatic heterocycles. The Labute approximate surface area is 96.3 Å². The molecule has 0 fully saturated rings. The SMILES string of the molecule is c1ccc2c(c1)ccc1c3ccsc3[nH]c21. The van der Waals surface area contributed by atoms with Crippen LogP contribution in [0.5, 0.6) is 0 Å². The number of H-pyrrole nitrogens is 1. The molecule has 0 atom stereocenters. The van der Waals surface area contributed by atoms with Crippen molar-refractivity contribution in [2.24, 2.45) is 0 Å². The third kappa shape index (κ3) is 0.947. The molecule has 0 aliphatic rings. The second-order valence-electron chi connectivity index (χ2n) is 4.00. The van der Waals surface area contributed by atoms with E-state index in [2.05, 4.69) is 52.8 Å². The lowest BCUT2D eigenvalue weighted by Crippen LogP contribution is -1.74. The van der Waals surface area contributed by atoms with E-state index in [1.165, 1.54) is 31.9 Å². The van der Waals surface area contributed by atoms with Crippen molar-refractivity contribution in [3.05, 3.63) is 47.8 Å². The average molecular weight is 223 g/mol. The van der Waals surface area contributed by atoms with Crippen LogP contribution in [0.3, 0.4) is 0 Å². The Morgan fingerprint density at radius 1 is 0.812 bits per heavy atom. The summed E-state index contributed by atoms with van der Waals surface area (Å²) in [5.74, 6) is 0. The van der Waals surface area contributed by atoms with E-state index >= 15 is 0 Å². The Kier molecular flexibility index (Phi) is 1.50. The van der Waals surface area contributed by atoms with Gasteiger partial charge in [0.1, 0.15) is 4.83 Å². The van der Waals surface area contributed by atoms with Crippen LogP contribution in [0, 0.1) is 0 Å². The highest BCUT2D eigenvalue weighted by molar-refractivity contribution is 7.17. The third-order valence-corrected chi connectivity index (χ3v) is 3.95. The van der Waals surface area contributed by atoms with Crippen LogP contribution in [0.15, 0.2) is 47.8 Å². The van der Waals surface area contributed by atoms with Crippen LogP contribution in [0.1, 0.15) is 0 Å². The summed E-state index contributed by atoms with van der Waals surface area (Å²) in [4.78, 5) is 4.79. The van der Waals surface area contributed by atoms with Crippen LogP contribution in [0.2, 0.25) is 0 Å². The number of thiophene rings is 1. The van der Waals surface area contributed by atoms with E-state index < -0.39 is 0 Å². The molecule has 2 heterocycles. The van der Waals surface area contributed by atoms with Crippen LogP contribution in [-0.2, 0) is 0 Å². The minimum Gasteiger partial charge on any atom is -0.346 e. The van der Waals surface area contributed by atoms with E-state index in [-0.39, 0.29) is 0 Å². The van der Waals surface area contributed by atoms with Gasteiger partial charge in [-0.25, -0.2) is 0 Å². The highest BCUT2D eigenvalue weighted by Crippen LogP contribution is 2.33. The van der Waals surface area contributed by atoms with Gasteiger partial charge in [0, 0.05) is 16.2 Å². The van der Waals surface area contributed by atoms with Gasteiger partial charge in [0.25, 0.3) is 0 Å². The minimum absolute atomic E-state index is 1.26. The molecule has 4 rings (SSSR count). The topological polar surface area (TPSA) is 15.8 Å². The van der Waals surface area contributed by atoms with Crippen molar-refractivity contribution in [2.75, 3.05) is 0 Å². The van der Waals surface area contributed by atoms with Gasteiger partial charge in [0.2, 0.25) is 0 Å². The number of nitrogens with one attached hydrogen (secondary N) is 1. The lowest BCUT2D eigenvalue weighted by molar-refractivity contribution is 1.61. The smallest absolute Gasteiger partial charge is 0.101 e. The largest absolute Gasteiger partial charge is 0.346 e. The van der Waals surface area contributed by atoms with E-state index in [1.54, 1.807) is 11.3 Å². The second kappa shape index (κ2) is 2.86. The maximum atomic E-state index is 3.52. The zero-order valence-corrected chi connectivity index (χ0v) is 9.34. The molecule has 76 valence electrons. The standard InChI is InChI=1S/C14H9NS/c1-2-4-10-9(3-1)5-6-11-12-7-8-16-14(12)15-13(10)11/h1-8,15H. The van der Waals surface area contributed by atoms with E-state index in [0.717, 1.165) is 0 Å². The molecule has 0 aliphatic heterocycles. The highest BCUT2D eigenvalue weighted by Gasteiger charge is 2.07. The fraction of sp³-hybridized carbons (Fsp3) is 0. The number of hydrogen-bond donors (Lipinski definition) is 1. The number of aromatic nitrogens is 1. The summed E-state index contributed by atoms with van der Waals surface area (Å²) in [6.45, 7) is 0. The molecule has 0 saturated carbocycles. The first-order valence-electron chi connectivity index (χ1n) is 5.30. The van der Waals surface area contributed by atoms with Crippen molar-refractivity contribution in [1.82, 2.24) is 4.98 Å². The zero-order chi connectivity index (χ0) is 10.5. The Morgan fingerprint density at radius 2 is 1.75 bits per heavy atom. The fourth-order valence-electron chi connectivity index (χ4n) is 2.36. The zero-order valence-electron chi connectivity index (χ0n) is 8.53. The van der Waals surface area contributed by atoms with Gasteiger partial charge in [-0.05, 0) is 16.8 Å². The van der Waals surface area contributed by atoms with Crippen molar-refractivity contribution in [3.8, 4) is 0 Å². The van der Waals surface area contributed by atoms with Crippen LogP contribution >= 0.6 is 11.3 Å².